The van der Waals surface area contributed by atoms with Crippen LogP contribution in [-0.2, 0) is 9.59 Å². The first kappa shape index (κ1) is 13.8. The molecular formula is C11H9Cl2N3O3. The minimum absolute atomic E-state index is 0.0239. The number of ketones is 1. The molecule has 6 nitrogen and oxygen atoms in total. The Hall–Kier alpha value is -1.63. The first-order valence-corrected chi connectivity index (χ1v) is 5.99. The van der Waals surface area contributed by atoms with Crippen molar-refractivity contribution in [1.29, 1.82) is 0 Å². The van der Waals surface area contributed by atoms with Gasteiger partial charge >= 0.3 is 0 Å². The number of nitrogens with two attached hydrogens (primary N) is 2. The first-order valence-electron chi connectivity index (χ1n) is 5.23. The second-order valence-corrected chi connectivity index (χ2v) is 4.82. The molecule has 1 aliphatic heterocycles. The van der Waals surface area contributed by atoms with Crippen molar-refractivity contribution in [2.45, 2.75) is 6.04 Å². The lowest BCUT2D eigenvalue weighted by Crippen LogP contribution is -2.47. The van der Waals surface area contributed by atoms with Crippen LogP contribution in [0, 0.1) is 0 Å². The Bertz CT molecular complexity index is 603. The molecule has 2 rings (SSSR count). The summed E-state index contributed by atoms with van der Waals surface area (Å²) in [5.74, 6) is -2.40. The van der Waals surface area contributed by atoms with E-state index in [1.165, 1.54) is 12.1 Å². The van der Waals surface area contributed by atoms with Crippen LogP contribution in [0.4, 0.5) is 5.69 Å². The number of carbonyl (C=O) groups is 3. The molecule has 0 spiro atoms. The van der Waals surface area contributed by atoms with Gasteiger partial charge in [0.2, 0.25) is 5.91 Å². The molecule has 1 aromatic carbocycles. The highest BCUT2D eigenvalue weighted by Crippen LogP contribution is 2.39. The number of anilines is 1. The van der Waals surface area contributed by atoms with Gasteiger partial charge in [-0.05, 0) is 12.1 Å². The van der Waals surface area contributed by atoms with Crippen molar-refractivity contribution in [3.05, 3.63) is 27.7 Å². The van der Waals surface area contributed by atoms with Gasteiger partial charge < -0.3 is 16.4 Å². The van der Waals surface area contributed by atoms with E-state index in [9.17, 15) is 14.4 Å². The van der Waals surface area contributed by atoms with Gasteiger partial charge in [0.15, 0.2) is 0 Å². The van der Waals surface area contributed by atoms with E-state index in [2.05, 4.69) is 0 Å². The Labute approximate surface area is 118 Å². The average molecular weight is 302 g/mol. The van der Waals surface area contributed by atoms with E-state index in [0.717, 1.165) is 4.90 Å². The summed E-state index contributed by atoms with van der Waals surface area (Å²) in [5, 5.41) is 0.295. The van der Waals surface area contributed by atoms with E-state index >= 15 is 0 Å². The van der Waals surface area contributed by atoms with Gasteiger partial charge in [-0.25, -0.2) is 0 Å². The van der Waals surface area contributed by atoms with Crippen molar-refractivity contribution >= 4 is 46.5 Å². The van der Waals surface area contributed by atoms with Gasteiger partial charge in [0.1, 0.15) is 6.04 Å². The van der Waals surface area contributed by atoms with Gasteiger partial charge in [0, 0.05) is 0 Å². The van der Waals surface area contributed by atoms with Gasteiger partial charge in [0.05, 0.1) is 27.8 Å². The number of amides is 2. The quantitative estimate of drug-likeness (QED) is 0.785. The van der Waals surface area contributed by atoms with Crippen LogP contribution < -0.4 is 16.4 Å². The number of hydrogen-bond acceptors (Lipinski definition) is 4. The summed E-state index contributed by atoms with van der Waals surface area (Å²) in [5.41, 5.74) is 10.7. The number of fused-ring (bicyclic) bond motifs is 1. The molecule has 1 unspecified atom stereocenters. The molecule has 0 aromatic heterocycles. The van der Waals surface area contributed by atoms with Crippen LogP contribution in [0.5, 0.6) is 0 Å². The summed E-state index contributed by atoms with van der Waals surface area (Å²) < 4.78 is 0. The zero-order chi connectivity index (χ0) is 14.3. The van der Waals surface area contributed by atoms with Crippen LogP contribution in [0.2, 0.25) is 10.0 Å². The number of hydrogen-bond donors (Lipinski definition) is 2. The molecule has 2 amide bonds. The maximum Gasteiger partial charge on any atom is 0.299 e. The highest BCUT2D eigenvalue weighted by Gasteiger charge is 2.40. The van der Waals surface area contributed by atoms with Crippen molar-refractivity contribution in [1.82, 2.24) is 0 Å². The van der Waals surface area contributed by atoms with Crippen molar-refractivity contribution < 1.29 is 14.4 Å². The summed E-state index contributed by atoms with van der Waals surface area (Å²) in [4.78, 5) is 35.7. The Morgan fingerprint density at radius 3 is 2.42 bits per heavy atom. The second-order valence-electron chi connectivity index (χ2n) is 4.01. The minimum atomic E-state index is -1.10. The minimum Gasteiger partial charge on any atom is -0.368 e. The fourth-order valence-electron chi connectivity index (χ4n) is 1.81. The topological polar surface area (TPSA) is 106 Å². The van der Waals surface area contributed by atoms with Gasteiger partial charge in [-0.2, -0.15) is 0 Å². The third-order valence-corrected chi connectivity index (χ3v) is 3.38. The summed E-state index contributed by atoms with van der Waals surface area (Å²) in [7, 11) is 0. The summed E-state index contributed by atoms with van der Waals surface area (Å²) in [6.07, 6.45) is 0. The molecule has 1 aliphatic rings. The van der Waals surface area contributed by atoms with E-state index < -0.39 is 23.6 Å². The largest absolute Gasteiger partial charge is 0.368 e. The lowest BCUT2D eigenvalue weighted by molar-refractivity contribution is -0.119. The molecule has 100 valence electrons. The summed E-state index contributed by atoms with van der Waals surface area (Å²) >= 11 is 11.9. The van der Waals surface area contributed by atoms with E-state index in [0.29, 0.717) is 0 Å². The Morgan fingerprint density at radius 2 is 1.84 bits per heavy atom. The molecule has 0 bridgehead atoms. The Morgan fingerprint density at radius 1 is 1.26 bits per heavy atom. The lowest BCUT2D eigenvalue weighted by atomic mass is 10.1. The zero-order valence-electron chi connectivity index (χ0n) is 9.52. The lowest BCUT2D eigenvalue weighted by Gasteiger charge is -2.20. The molecule has 1 aromatic rings. The standard InChI is InChI=1S/C11H9Cl2N3O3/c12-4-1-2-5(13)8-7(4)9(17)11(19)16(8)3-6(14)10(15)18/h1-2,6H,3,14H2,(H2,15,18). The van der Waals surface area contributed by atoms with Crippen LogP contribution in [0.3, 0.4) is 0 Å². The number of Topliss-reactive ketones (excluding diaryl/α,β-unsaturated/α-hetero) is 1. The predicted molar refractivity (Wildman–Crippen MR) is 70.3 cm³/mol. The molecule has 0 saturated carbocycles. The fourth-order valence-corrected chi connectivity index (χ4v) is 2.31. The zero-order valence-corrected chi connectivity index (χ0v) is 11.0. The van der Waals surface area contributed by atoms with Crippen LogP contribution in [0.25, 0.3) is 0 Å². The fraction of sp³-hybridized carbons (Fsp3) is 0.182. The molecule has 0 fully saturated rings. The third kappa shape index (κ3) is 2.18. The first-order chi connectivity index (χ1) is 8.84. The van der Waals surface area contributed by atoms with E-state index in [1.807, 2.05) is 0 Å². The number of halogens is 2. The molecule has 0 aliphatic carbocycles. The molecule has 0 radical (unpaired) electrons. The average Bonchev–Trinajstić information content (AvgIpc) is 2.60. The Balaban J connectivity index is 2.50. The van der Waals surface area contributed by atoms with Crippen molar-refractivity contribution in [3.63, 3.8) is 0 Å². The van der Waals surface area contributed by atoms with Crippen molar-refractivity contribution in [3.8, 4) is 0 Å². The molecule has 8 heteroatoms. The van der Waals surface area contributed by atoms with E-state index in [-0.39, 0.29) is 27.8 Å². The number of nitrogens with zero attached hydrogens (tertiary/aromatic N) is 1. The van der Waals surface area contributed by atoms with Crippen LogP contribution in [0.15, 0.2) is 12.1 Å². The van der Waals surface area contributed by atoms with Crippen LogP contribution in [0.1, 0.15) is 10.4 Å². The third-order valence-electron chi connectivity index (χ3n) is 2.76. The molecular weight excluding hydrogens is 293 g/mol. The summed E-state index contributed by atoms with van der Waals surface area (Å²) in [6.45, 7) is -0.229. The molecule has 0 saturated heterocycles. The van der Waals surface area contributed by atoms with Crippen LogP contribution >= 0.6 is 23.2 Å². The van der Waals surface area contributed by atoms with E-state index in [4.69, 9.17) is 34.7 Å². The van der Waals surface area contributed by atoms with Gasteiger partial charge in [-0.15, -0.1) is 0 Å². The second kappa shape index (κ2) is 4.80. The summed E-state index contributed by atoms with van der Waals surface area (Å²) in [6, 6.07) is 1.78. The normalized spacial score (nSPS) is 15.6. The maximum atomic E-state index is 11.9. The van der Waals surface area contributed by atoms with Crippen molar-refractivity contribution in [2.24, 2.45) is 11.5 Å². The predicted octanol–water partition coefficient (Wildman–Crippen LogP) is 0.335. The SMILES string of the molecule is NC(=O)C(N)CN1C(=O)C(=O)c2c(Cl)ccc(Cl)c21. The molecule has 19 heavy (non-hydrogen) atoms. The Kier molecular flexibility index (Phi) is 3.49. The molecule has 1 atom stereocenters. The highest BCUT2D eigenvalue weighted by molar-refractivity contribution is 6.57. The number of benzene rings is 1. The monoisotopic (exact) mass is 301 g/mol. The van der Waals surface area contributed by atoms with Gasteiger partial charge in [0.25, 0.3) is 11.7 Å². The maximum absolute atomic E-state index is 11.9. The highest BCUT2D eigenvalue weighted by atomic mass is 35.5. The molecule has 1 heterocycles. The number of primary amides is 1. The molecule has 4 N–H and O–H groups in total. The number of rotatable bonds is 3. The van der Waals surface area contributed by atoms with E-state index in [1.54, 1.807) is 0 Å². The van der Waals surface area contributed by atoms with Gasteiger partial charge in [-0.3, -0.25) is 14.4 Å². The smallest absolute Gasteiger partial charge is 0.299 e. The number of carbonyl (C=O) groups excluding carboxylic acids is 3. The van der Waals surface area contributed by atoms with Crippen LogP contribution in [-0.4, -0.2) is 30.2 Å². The van der Waals surface area contributed by atoms with Crippen molar-refractivity contribution in [2.75, 3.05) is 11.4 Å². The van der Waals surface area contributed by atoms with Gasteiger partial charge in [-0.1, -0.05) is 23.2 Å².